The Morgan fingerprint density at radius 1 is 1.34 bits per heavy atom. The van der Waals surface area contributed by atoms with Crippen LogP contribution in [0.15, 0.2) is 18.2 Å². The van der Waals surface area contributed by atoms with Crippen molar-refractivity contribution >= 4 is 40.1 Å². The minimum absolute atomic E-state index is 0.114. The lowest BCUT2D eigenvalue weighted by molar-refractivity contribution is -0.116. The lowest BCUT2D eigenvalue weighted by Gasteiger charge is -2.35. The largest absolute Gasteiger partial charge is 0.464 e. The molecule has 2 aromatic rings. The van der Waals surface area contributed by atoms with Crippen molar-refractivity contribution in [1.29, 1.82) is 0 Å². The first-order valence-corrected chi connectivity index (χ1v) is 10.6. The summed E-state index contributed by atoms with van der Waals surface area (Å²) in [5.74, 6) is 0.105. The third-order valence-corrected chi connectivity index (χ3v) is 6.52. The van der Waals surface area contributed by atoms with Gasteiger partial charge in [-0.25, -0.2) is 4.79 Å². The lowest BCUT2D eigenvalue weighted by atomic mass is 9.72. The quantitative estimate of drug-likeness (QED) is 0.705. The number of hydrogen-bond donors (Lipinski definition) is 2. The van der Waals surface area contributed by atoms with E-state index in [4.69, 9.17) is 16.3 Å². The van der Waals surface area contributed by atoms with Gasteiger partial charge in [-0.2, -0.15) is 0 Å². The summed E-state index contributed by atoms with van der Waals surface area (Å²) in [5, 5.41) is 4.16. The van der Waals surface area contributed by atoms with Crippen LogP contribution in [0.2, 0.25) is 5.02 Å². The molecule has 29 heavy (non-hydrogen) atoms. The summed E-state index contributed by atoms with van der Waals surface area (Å²) in [5.41, 5.74) is 1.78. The van der Waals surface area contributed by atoms with Gasteiger partial charge < -0.3 is 15.0 Å². The van der Waals surface area contributed by atoms with Crippen molar-refractivity contribution in [2.75, 3.05) is 25.5 Å². The van der Waals surface area contributed by atoms with Crippen LogP contribution in [0, 0.1) is 11.3 Å². The molecule has 7 heteroatoms. The summed E-state index contributed by atoms with van der Waals surface area (Å²) in [6.07, 6.45) is 4.10. The van der Waals surface area contributed by atoms with Crippen LogP contribution < -0.4 is 5.32 Å². The molecule has 2 atom stereocenters. The summed E-state index contributed by atoms with van der Waals surface area (Å²) >= 11 is 6.12. The predicted molar refractivity (Wildman–Crippen MR) is 114 cm³/mol. The fraction of sp³-hybridized carbons (Fsp3) is 0.545. The number of amides is 1. The summed E-state index contributed by atoms with van der Waals surface area (Å²) in [7, 11) is 1.32. The fourth-order valence-corrected chi connectivity index (χ4v) is 5.39. The Kier molecular flexibility index (Phi) is 5.34. The molecule has 1 aliphatic heterocycles. The molecule has 0 radical (unpaired) electrons. The first-order valence-electron chi connectivity index (χ1n) is 10.2. The van der Waals surface area contributed by atoms with E-state index in [9.17, 15) is 9.59 Å². The van der Waals surface area contributed by atoms with Crippen LogP contribution in [0.3, 0.4) is 0 Å². The highest BCUT2D eigenvalue weighted by molar-refractivity contribution is 6.31. The molecule has 0 unspecified atom stereocenters. The third kappa shape index (κ3) is 4.14. The Balaban J connectivity index is 1.47. The van der Waals surface area contributed by atoms with E-state index < -0.39 is 5.97 Å². The number of hydrogen-bond acceptors (Lipinski definition) is 4. The number of esters is 1. The summed E-state index contributed by atoms with van der Waals surface area (Å²) in [6, 6.07) is 5.83. The molecular formula is C22H28ClN3O3. The number of methoxy groups -OCH3 is 1. The molecule has 1 aromatic heterocycles. The van der Waals surface area contributed by atoms with E-state index in [-0.39, 0.29) is 11.6 Å². The van der Waals surface area contributed by atoms with Gasteiger partial charge >= 0.3 is 5.97 Å². The van der Waals surface area contributed by atoms with Crippen molar-refractivity contribution in [3.05, 3.63) is 28.9 Å². The first kappa shape index (κ1) is 20.2. The minimum atomic E-state index is -0.525. The number of fused-ring (bicyclic) bond motifs is 3. The molecule has 2 bridgehead atoms. The van der Waals surface area contributed by atoms with Gasteiger partial charge in [-0.15, -0.1) is 0 Å². The molecule has 1 saturated carbocycles. The van der Waals surface area contributed by atoms with E-state index in [2.05, 4.69) is 29.0 Å². The van der Waals surface area contributed by atoms with E-state index in [1.54, 1.807) is 18.2 Å². The van der Waals surface area contributed by atoms with Gasteiger partial charge in [-0.05, 0) is 48.8 Å². The topological polar surface area (TPSA) is 74.4 Å². The molecule has 6 nitrogen and oxygen atoms in total. The number of carbonyl (C=O) groups is 2. The van der Waals surface area contributed by atoms with Crippen LogP contribution in [-0.2, 0) is 9.53 Å². The number of rotatable bonds is 5. The minimum Gasteiger partial charge on any atom is -0.464 e. The molecular weight excluding hydrogens is 390 g/mol. The summed E-state index contributed by atoms with van der Waals surface area (Å²) in [6.45, 7) is 6.51. The van der Waals surface area contributed by atoms with Crippen LogP contribution in [0.25, 0.3) is 10.9 Å². The lowest BCUT2D eigenvalue weighted by Crippen LogP contribution is -2.35. The summed E-state index contributed by atoms with van der Waals surface area (Å²) < 4.78 is 4.86. The Morgan fingerprint density at radius 2 is 2.14 bits per heavy atom. The van der Waals surface area contributed by atoms with Gasteiger partial charge in [0.05, 0.1) is 12.8 Å². The van der Waals surface area contributed by atoms with Crippen molar-refractivity contribution in [3.63, 3.8) is 0 Å². The summed E-state index contributed by atoms with van der Waals surface area (Å²) in [4.78, 5) is 30.4. The van der Waals surface area contributed by atoms with Crippen molar-refractivity contribution in [1.82, 2.24) is 9.88 Å². The number of H-pyrrole nitrogens is 1. The average molecular weight is 418 g/mol. The smallest absolute Gasteiger partial charge is 0.356 e. The Bertz CT molecular complexity index is 952. The van der Waals surface area contributed by atoms with Crippen molar-refractivity contribution < 1.29 is 14.3 Å². The predicted octanol–water partition coefficient (Wildman–Crippen LogP) is 4.45. The van der Waals surface area contributed by atoms with Crippen LogP contribution in [0.4, 0.5) is 5.69 Å². The molecule has 1 saturated heterocycles. The Labute approximate surface area is 175 Å². The Morgan fingerprint density at radius 3 is 2.90 bits per heavy atom. The molecule has 0 spiro atoms. The second kappa shape index (κ2) is 7.65. The van der Waals surface area contributed by atoms with Crippen LogP contribution >= 0.6 is 11.6 Å². The molecule has 4 rings (SSSR count). The fourth-order valence-electron chi connectivity index (χ4n) is 5.22. The molecule has 1 aliphatic carbocycles. The standard InChI is InChI=1S/C22H28ClN3O3/c1-22(2)10-13-8-15(11-22)26(12-13)7-6-18(27)25-19-16-9-14(23)4-5-17(16)24-20(19)21(28)29-3/h4-5,9,13,15,24H,6-8,10-12H2,1-3H3,(H,25,27)/t13-,15+/m1/s1. The normalized spacial score (nSPS) is 23.3. The number of carbonyl (C=O) groups excluding carboxylic acids is 2. The molecule has 156 valence electrons. The monoisotopic (exact) mass is 417 g/mol. The van der Waals surface area contributed by atoms with E-state index in [0.29, 0.717) is 34.0 Å². The zero-order valence-electron chi connectivity index (χ0n) is 17.2. The first-order chi connectivity index (χ1) is 13.8. The zero-order valence-corrected chi connectivity index (χ0v) is 17.9. The maximum Gasteiger partial charge on any atom is 0.356 e. The maximum absolute atomic E-state index is 12.7. The van der Waals surface area contributed by atoms with Crippen molar-refractivity contribution in [3.8, 4) is 0 Å². The van der Waals surface area contributed by atoms with Gasteiger partial charge in [-0.1, -0.05) is 25.4 Å². The van der Waals surface area contributed by atoms with Gasteiger partial charge in [0.15, 0.2) is 0 Å². The van der Waals surface area contributed by atoms with E-state index >= 15 is 0 Å². The van der Waals surface area contributed by atoms with Gasteiger partial charge in [0.25, 0.3) is 0 Å². The number of anilines is 1. The third-order valence-electron chi connectivity index (χ3n) is 6.28. The second-order valence-corrected chi connectivity index (χ2v) is 9.61. The van der Waals surface area contributed by atoms with Gasteiger partial charge in [0.2, 0.25) is 5.91 Å². The molecule has 1 amide bonds. The van der Waals surface area contributed by atoms with Crippen molar-refractivity contribution in [2.24, 2.45) is 11.3 Å². The SMILES string of the molecule is COC(=O)c1[nH]c2ccc(Cl)cc2c1NC(=O)CCN1C[C@@H]2C[C@H]1CC(C)(C)C2. The number of halogens is 1. The molecule has 2 fully saturated rings. The second-order valence-electron chi connectivity index (χ2n) is 9.18. The van der Waals surface area contributed by atoms with Crippen molar-refractivity contribution in [2.45, 2.75) is 45.6 Å². The molecule has 2 heterocycles. The average Bonchev–Trinajstić information content (AvgIpc) is 3.15. The Hall–Kier alpha value is -2.05. The number of nitrogens with zero attached hydrogens (tertiary/aromatic N) is 1. The molecule has 2 N–H and O–H groups in total. The van der Waals surface area contributed by atoms with E-state index in [1.165, 1.54) is 26.4 Å². The highest BCUT2D eigenvalue weighted by Gasteiger charge is 2.42. The molecule has 2 aliphatic rings. The number of nitrogens with one attached hydrogen (secondary N) is 2. The number of ether oxygens (including phenoxy) is 1. The van der Waals surface area contributed by atoms with Crippen LogP contribution in [-0.4, -0.2) is 48.0 Å². The highest BCUT2D eigenvalue weighted by Crippen LogP contribution is 2.45. The zero-order chi connectivity index (χ0) is 20.8. The maximum atomic E-state index is 12.7. The number of aromatic nitrogens is 1. The van der Waals surface area contributed by atoms with E-state index in [1.807, 2.05) is 0 Å². The highest BCUT2D eigenvalue weighted by atomic mass is 35.5. The van der Waals surface area contributed by atoms with Gasteiger partial charge in [0, 0.05) is 41.5 Å². The number of benzene rings is 1. The number of likely N-dealkylation sites (tertiary alicyclic amines) is 1. The number of aromatic amines is 1. The van der Waals surface area contributed by atoms with Gasteiger partial charge in [-0.3, -0.25) is 9.69 Å². The van der Waals surface area contributed by atoms with Gasteiger partial charge in [0.1, 0.15) is 5.69 Å². The van der Waals surface area contributed by atoms with Crippen LogP contribution in [0.5, 0.6) is 0 Å². The van der Waals surface area contributed by atoms with E-state index in [0.717, 1.165) is 24.5 Å². The van der Waals surface area contributed by atoms with Crippen LogP contribution in [0.1, 0.15) is 50.0 Å². The molecule has 1 aromatic carbocycles.